The van der Waals surface area contributed by atoms with Crippen LogP contribution in [0.25, 0.3) is 0 Å². The van der Waals surface area contributed by atoms with E-state index >= 15 is 0 Å². The van der Waals surface area contributed by atoms with Gasteiger partial charge in [0.05, 0.1) is 0 Å². The molecule has 1 saturated heterocycles. The lowest BCUT2D eigenvalue weighted by atomic mass is 10.1. The number of benzene rings is 2. The molecule has 1 aliphatic rings. The molecule has 0 aromatic heterocycles. The normalized spacial score (nSPS) is 17.0. The predicted octanol–water partition coefficient (Wildman–Crippen LogP) is 2.73. The first-order valence-corrected chi connectivity index (χ1v) is 9.23. The minimum Gasteiger partial charge on any atom is -0.369 e. The second-order valence-corrected chi connectivity index (χ2v) is 7.15. The molecule has 0 spiro atoms. The van der Waals surface area contributed by atoms with E-state index in [1.54, 1.807) is 0 Å². The van der Waals surface area contributed by atoms with E-state index in [-0.39, 0.29) is 6.04 Å². The zero-order valence-electron chi connectivity index (χ0n) is 13.9. The molecule has 0 aliphatic carbocycles. The van der Waals surface area contributed by atoms with Crippen LogP contribution in [0.4, 0.5) is 5.69 Å². The van der Waals surface area contributed by atoms with Crippen molar-refractivity contribution in [2.75, 3.05) is 37.6 Å². The first-order chi connectivity index (χ1) is 11.7. The second-order valence-electron chi connectivity index (χ2n) is 6.30. The molecule has 0 amide bonds. The Kier molecular flexibility index (Phi) is 5.89. The number of rotatable bonds is 5. The predicted molar refractivity (Wildman–Crippen MR) is 104 cm³/mol. The largest absolute Gasteiger partial charge is 0.369 e. The molecule has 1 fully saturated rings. The van der Waals surface area contributed by atoms with Crippen molar-refractivity contribution in [2.24, 2.45) is 11.5 Å². The number of hydrogen-bond acceptors (Lipinski definition) is 4. The summed E-state index contributed by atoms with van der Waals surface area (Å²) in [4.78, 5) is 4.95. The van der Waals surface area contributed by atoms with Crippen molar-refractivity contribution in [3.63, 3.8) is 0 Å². The Labute approximate surface area is 152 Å². The van der Waals surface area contributed by atoms with Crippen molar-refractivity contribution in [3.8, 4) is 0 Å². The SMILES string of the molecule is NCC(N)c1ccc(N2CCN(Cc3ccccc3)CC2)cc1Br. The van der Waals surface area contributed by atoms with Gasteiger partial charge in [-0.3, -0.25) is 4.90 Å². The molecule has 0 saturated carbocycles. The van der Waals surface area contributed by atoms with Gasteiger partial charge in [0.1, 0.15) is 0 Å². The first-order valence-electron chi connectivity index (χ1n) is 8.43. The summed E-state index contributed by atoms with van der Waals surface area (Å²) in [6.07, 6.45) is 0. The van der Waals surface area contributed by atoms with Crippen LogP contribution < -0.4 is 16.4 Å². The average Bonchev–Trinajstić information content (AvgIpc) is 2.62. The third-order valence-electron chi connectivity index (χ3n) is 4.62. The summed E-state index contributed by atoms with van der Waals surface area (Å²) in [6.45, 7) is 5.73. The zero-order chi connectivity index (χ0) is 16.9. The summed E-state index contributed by atoms with van der Waals surface area (Å²) in [5, 5.41) is 0. The molecule has 4 N–H and O–H groups in total. The number of piperazine rings is 1. The van der Waals surface area contributed by atoms with Crippen LogP contribution >= 0.6 is 15.9 Å². The third kappa shape index (κ3) is 4.16. The summed E-state index contributed by atoms with van der Waals surface area (Å²) < 4.78 is 1.05. The Hall–Kier alpha value is -1.40. The van der Waals surface area contributed by atoms with Gasteiger partial charge in [0.2, 0.25) is 0 Å². The summed E-state index contributed by atoms with van der Waals surface area (Å²) >= 11 is 3.64. The van der Waals surface area contributed by atoms with E-state index in [0.29, 0.717) is 6.54 Å². The van der Waals surface area contributed by atoms with Gasteiger partial charge in [-0.15, -0.1) is 0 Å². The van der Waals surface area contributed by atoms with E-state index in [4.69, 9.17) is 11.5 Å². The molecular formula is C19H25BrN4. The maximum atomic E-state index is 6.04. The fraction of sp³-hybridized carbons (Fsp3) is 0.368. The second kappa shape index (κ2) is 8.12. The number of anilines is 1. The number of nitrogens with zero attached hydrogens (tertiary/aromatic N) is 2. The van der Waals surface area contributed by atoms with Crippen LogP contribution in [0.3, 0.4) is 0 Å². The smallest absolute Gasteiger partial charge is 0.0430 e. The van der Waals surface area contributed by atoms with Gasteiger partial charge in [-0.1, -0.05) is 52.3 Å². The maximum Gasteiger partial charge on any atom is 0.0430 e. The fourth-order valence-corrected chi connectivity index (χ4v) is 3.81. The molecule has 0 bridgehead atoms. The van der Waals surface area contributed by atoms with Gasteiger partial charge < -0.3 is 16.4 Å². The molecular weight excluding hydrogens is 364 g/mol. The summed E-state index contributed by atoms with van der Waals surface area (Å²) in [5.74, 6) is 0. The quantitative estimate of drug-likeness (QED) is 0.826. The molecule has 1 unspecified atom stereocenters. The number of halogens is 1. The molecule has 2 aromatic rings. The highest BCUT2D eigenvalue weighted by atomic mass is 79.9. The standard InChI is InChI=1S/C19H25BrN4/c20-18-12-16(6-7-17(18)19(22)13-21)24-10-8-23(9-11-24)14-15-4-2-1-3-5-15/h1-7,12,19H,8-11,13-14,21-22H2. The molecule has 0 radical (unpaired) electrons. The fourth-order valence-electron chi connectivity index (χ4n) is 3.15. The molecule has 24 heavy (non-hydrogen) atoms. The molecule has 1 atom stereocenters. The number of hydrogen-bond donors (Lipinski definition) is 2. The molecule has 128 valence electrons. The Morgan fingerprint density at radius 1 is 1.00 bits per heavy atom. The van der Waals surface area contributed by atoms with Crippen LogP contribution in [0.2, 0.25) is 0 Å². The van der Waals surface area contributed by atoms with E-state index < -0.39 is 0 Å². The minimum absolute atomic E-state index is 0.115. The number of nitrogens with two attached hydrogens (primary N) is 2. The maximum absolute atomic E-state index is 6.04. The van der Waals surface area contributed by atoms with Gasteiger partial charge in [0, 0.05) is 55.5 Å². The van der Waals surface area contributed by atoms with Crippen LogP contribution in [0.1, 0.15) is 17.2 Å². The summed E-state index contributed by atoms with van der Waals surface area (Å²) in [6, 6.07) is 17.0. The van der Waals surface area contributed by atoms with Crippen LogP contribution in [-0.4, -0.2) is 37.6 Å². The lowest BCUT2D eigenvalue weighted by Crippen LogP contribution is -2.46. The lowest BCUT2D eigenvalue weighted by molar-refractivity contribution is 0.250. The first kappa shape index (κ1) is 17.4. The van der Waals surface area contributed by atoms with Crippen LogP contribution in [0.15, 0.2) is 53.0 Å². The molecule has 1 heterocycles. The van der Waals surface area contributed by atoms with Crippen LogP contribution in [0.5, 0.6) is 0 Å². The van der Waals surface area contributed by atoms with Gasteiger partial charge in [-0.2, -0.15) is 0 Å². The minimum atomic E-state index is -0.115. The topological polar surface area (TPSA) is 58.5 Å². The molecule has 4 nitrogen and oxygen atoms in total. The Morgan fingerprint density at radius 2 is 1.71 bits per heavy atom. The van der Waals surface area contributed by atoms with Crippen molar-refractivity contribution < 1.29 is 0 Å². The van der Waals surface area contributed by atoms with E-state index in [2.05, 4.69) is 74.3 Å². The van der Waals surface area contributed by atoms with Crippen molar-refractivity contribution >= 4 is 21.6 Å². The van der Waals surface area contributed by atoms with Gasteiger partial charge in [0.15, 0.2) is 0 Å². The van der Waals surface area contributed by atoms with Gasteiger partial charge in [-0.05, 0) is 23.3 Å². The van der Waals surface area contributed by atoms with Gasteiger partial charge in [0.25, 0.3) is 0 Å². The highest BCUT2D eigenvalue weighted by molar-refractivity contribution is 9.10. The Bertz CT molecular complexity index is 654. The average molecular weight is 389 g/mol. The highest BCUT2D eigenvalue weighted by Crippen LogP contribution is 2.28. The summed E-state index contributed by atoms with van der Waals surface area (Å²) in [5.41, 5.74) is 15.4. The molecule has 3 rings (SSSR count). The third-order valence-corrected chi connectivity index (χ3v) is 5.31. The van der Waals surface area contributed by atoms with Gasteiger partial charge in [-0.25, -0.2) is 0 Å². The van der Waals surface area contributed by atoms with E-state index in [1.807, 2.05) is 0 Å². The highest BCUT2D eigenvalue weighted by Gasteiger charge is 2.18. The van der Waals surface area contributed by atoms with E-state index in [0.717, 1.165) is 42.8 Å². The van der Waals surface area contributed by atoms with Crippen molar-refractivity contribution in [1.29, 1.82) is 0 Å². The monoisotopic (exact) mass is 388 g/mol. The zero-order valence-corrected chi connectivity index (χ0v) is 15.5. The molecule has 1 aliphatic heterocycles. The van der Waals surface area contributed by atoms with Crippen molar-refractivity contribution in [3.05, 3.63) is 64.1 Å². The van der Waals surface area contributed by atoms with E-state index in [1.165, 1.54) is 11.3 Å². The van der Waals surface area contributed by atoms with E-state index in [9.17, 15) is 0 Å². The Balaban J connectivity index is 1.59. The van der Waals surface area contributed by atoms with Crippen LogP contribution in [-0.2, 0) is 6.54 Å². The van der Waals surface area contributed by atoms with Gasteiger partial charge >= 0.3 is 0 Å². The lowest BCUT2D eigenvalue weighted by Gasteiger charge is -2.36. The molecule has 2 aromatic carbocycles. The van der Waals surface area contributed by atoms with Crippen molar-refractivity contribution in [2.45, 2.75) is 12.6 Å². The molecule has 5 heteroatoms. The van der Waals surface area contributed by atoms with Crippen molar-refractivity contribution in [1.82, 2.24) is 4.90 Å². The summed E-state index contributed by atoms with van der Waals surface area (Å²) in [7, 11) is 0. The van der Waals surface area contributed by atoms with Crippen LogP contribution in [0, 0.1) is 0 Å². The Morgan fingerprint density at radius 3 is 2.33 bits per heavy atom.